The fraction of sp³-hybridized carbons (Fsp3) is 0.300. The van der Waals surface area contributed by atoms with Crippen molar-refractivity contribution in [2.24, 2.45) is 5.10 Å². The average molecular weight is 389 g/mol. The molecule has 27 heavy (non-hydrogen) atoms. The number of ether oxygens (including phenoxy) is 1. The summed E-state index contributed by atoms with van der Waals surface area (Å²) in [6.45, 7) is 5.05. The van der Waals surface area contributed by atoms with Crippen molar-refractivity contribution >= 4 is 23.2 Å². The molecule has 0 radical (unpaired) electrons. The maximum atomic E-state index is 12.4. The molecule has 1 aliphatic heterocycles. The number of rotatable bonds is 5. The van der Waals surface area contributed by atoms with Gasteiger partial charge in [0.15, 0.2) is 6.04 Å². The van der Waals surface area contributed by atoms with Crippen LogP contribution in [0.25, 0.3) is 0 Å². The van der Waals surface area contributed by atoms with E-state index in [1.54, 1.807) is 0 Å². The van der Waals surface area contributed by atoms with Crippen LogP contribution < -0.4 is 10.3 Å². The Morgan fingerprint density at radius 2 is 1.93 bits per heavy atom. The highest BCUT2D eigenvalue weighted by Gasteiger charge is 2.29. The van der Waals surface area contributed by atoms with E-state index in [0.29, 0.717) is 18.2 Å². The lowest BCUT2D eigenvalue weighted by Gasteiger charge is -2.31. The fourth-order valence-electron chi connectivity index (χ4n) is 3.29. The molecule has 6 nitrogen and oxygen atoms in total. The van der Waals surface area contributed by atoms with Gasteiger partial charge in [0.2, 0.25) is 0 Å². The number of amides is 1. The maximum absolute atomic E-state index is 12.4. The Kier molecular flexibility index (Phi) is 6.45. The van der Waals surface area contributed by atoms with Crippen LogP contribution in [0.4, 0.5) is 0 Å². The highest BCUT2D eigenvalue weighted by atomic mass is 35.5. The van der Waals surface area contributed by atoms with Gasteiger partial charge >= 0.3 is 0 Å². The van der Waals surface area contributed by atoms with Crippen LogP contribution in [0.15, 0.2) is 53.6 Å². The van der Waals surface area contributed by atoms with Gasteiger partial charge in [-0.1, -0.05) is 41.9 Å². The first kappa shape index (κ1) is 19.4. The Morgan fingerprint density at radius 3 is 2.63 bits per heavy atom. The molecular weight excluding hydrogens is 366 g/mol. The van der Waals surface area contributed by atoms with Gasteiger partial charge in [0.05, 0.1) is 24.5 Å². The van der Waals surface area contributed by atoms with Crippen LogP contribution in [0, 0.1) is 0 Å². The van der Waals surface area contributed by atoms with Gasteiger partial charge in [-0.3, -0.25) is 4.79 Å². The summed E-state index contributed by atoms with van der Waals surface area (Å²) in [4.78, 5) is 13.7. The molecule has 2 aromatic rings. The number of morpholine rings is 1. The zero-order valence-electron chi connectivity index (χ0n) is 15.1. The first-order chi connectivity index (χ1) is 13.1. The first-order valence-corrected chi connectivity index (χ1v) is 9.24. The van der Waals surface area contributed by atoms with Crippen LogP contribution in [0.3, 0.4) is 0 Å². The van der Waals surface area contributed by atoms with E-state index in [-0.39, 0.29) is 17.4 Å². The predicted molar refractivity (Wildman–Crippen MR) is 104 cm³/mol. The largest absolute Gasteiger partial charge is 0.507 e. The van der Waals surface area contributed by atoms with Crippen molar-refractivity contribution in [3.8, 4) is 5.75 Å². The van der Waals surface area contributed by atoms with E-state index in [2.05, 4.69) is 22.7 Å². The number of hydrogen-bond acceptors (Lipinski definition) is 4. The van der Waals surface area contributed by atoms with Gasteiger partial charge in [-0.2, -0.15) is 5.10 Å². The van der Waals surface area contributed by atoms with Crippen LogP contribution >= 0.6 is 11.6 Å². The van der Waals surface area contributed by atoms with Gasteiger partial charge < -0.3 is 14.7 Å². The van der Waals surface area contributed by atoms with Gasteiger partial charge in [0, 0.05) is 10.6 Å². The average Bonchev–Trinajstić information content (AvgIpc) is 2.70. The van der Waals surface area contributed by atoms with Crippen molar-refractivity contribution < 1.29 is 19.5 Å². The molecule has 142 valence electrons. The second kappa shape index (κ2) is 8.99. The number of aromatic hydroxyl groups is 1. The molecule has 7 heteroatoms. The highest BCUT2D eigenvalue weighted by Crippen LogP contribution is 2.21. The summed E-state index contributed by atoms with van der Waals surface area (Å²) in [6, 6.07) is 14.4. The summed E-state index contributed by atoms with van der Waals surface area (Å²) in [6.07, 6.45) is 0. The topological polar surface area (TPSA) is 75.4 Å². The third-order valence-corrected chi connectivity index (χ3v) is 4.87. The number of quaternary nitrogens is 1. The molecule has 0 spiro atoms. The lowest BCUT2D eigenvalue weighted by atomic mass is 10.0. The molecule has 1 fully saturated rings. The highest BCUT2D eigenvalue weighted by molar-refractivity contribution is 6.31. The van der Waals surface area contributed by atoms with Crippen molar-refractivity contribution in [3.05, 3.63) is 64.7 Å². The van der Waals surface area contributed by atoms with Crippen molar-refractivity contribution in [3.63, 3.8) is 0 Å². The number of carbonyl (C=O) groups excluding carboxylic acids is 1. The van der Waals surface area contributed by atoms with Gasteiger partial charge in [-0.05, 0) is 25.1 Å². The molecule has 0 aromatic heterocycles. The number of phenols is 1. The normalized spacial score (nSPS) is 16.7. The van der Waals surface area contributed by atoms with Gasteiger partial charge in [0.25, 0.3) is 5.91 Å². The third-order valence-electron chi connectivity index (χ3n) is 4.63. The summed E-state index contributed by atoms with van der Waals surface area (Å²) >= 11 is 5.91. The number of phenolic OH excluding ortho intramolecular Hbond substituents is 1. The predicted octanol–water partition coefficient (Wildman–Crippen LogP) is 1.81. The number of nitrogens with one attached hydrogen (secondary N) is 2. The van der Waals surface area contributed by atoms with E-state index in [1.807, 2.05) is 25.1 Å². The molecule has 1 atom stereocenters. The quantitative estimate of drug-likeness (QED) is 0.540. The van der Waals surface area contributed by atoms with E-state index in [1.165, 1.54) is 23.1 Å². The number of hydrazone groups is 1. The van der Waals surface area contributed by atoms with Crippen LogP contribution in [0.5, 0.6) is 5.75 Å². The van der Waals surface area contributed by atoms with Crippen molar-refractivity contribution in [1.29, 1.82) is 0 Å². The smallest absolute Gasteiger partial charge is 0.275 e. The molecular formula is C20H23ClN3O3+. The van der Waals surface area contributed by atoms with Gasteiger partial charge in [-0.15, -0.1) is 0 Å². The Hall–Kier alpha value is -2.41. The van der Waals surface area contributed by atoms with Crippen LogP contribution in [0.2, 0.25) is 5.02 Å². The van der Waals surface area contributed by atoms with E-state index < -0.39 is 5.91 Å². The number of hydrogen-bond donors (Lipinski definition) is 3. The molecule has 1 saturated heterocycles. The molecule has 0 aliphatic carbocycles. The molecule has 1 aliphatic rings. The molecule has 2 aromatic carbocycles. The molecule has 0 saturated carbocycles. The summed E-state index contributed by atoms with van der Waals surface area (Å²) in [5.41, 5.74) is 4.55. The number of benzene rings is 2. The second-order valence-corrected chi connectivity index (χ2v) is 6.91. The summed E-state index contributed by atoms with van der Waals surface area (Å²) in [5, 5.41) is 14.6. The Balaban J connectivity index is 1.81. The summed E-state index contributed by atoms with van der Waals surface area (Å²) in [5.74, 6) is -0.638. The minimum absolute atomic E-state index is 0.0170. The second-order valence-electron chi connectivity index (χ2n) is 6.47. The van der Waals surface area contributed by atoms with E-state index in [0.717, 1.165) is 24.4 Å². The summed E-state index contributed by atoms with van der Waals surface area (Å²) < 4.78 is 5.48. The lowest BCUT2D eigenvalue weighted by Crippen LogP contribution is -3.15. The van der Waals surface area contributed by atoms with E-state index in [4.69, 9.17) is 16.3 Å². The van der Waals surface area contributed by atoms with Crippen LogP contribution in [0.1, 0.15) is 28.9 Å². The van der Waals surface area contributed by atoms with Crippen molar-refractivity contribution in [2.75, 3.05) is 26.3 Å². The first-order valence-electron chi connectivity index (χ1n) is 8.86. The third kappa shape index (κ3) is 4.86. The van der Waals surface area contributed by atoms with Crippen LogP contribution in [-0.2, 0) is 4.74 Å². The molecule has 0 bridgehead atoms. The molecule has 1 heterocycles. The number of nitrogens with zero attached hydrogens (tertiary/aromatic N) is 1. The molecule has 0 unspecified atom stereocenters. The maximum Gasteiger partial charge on any atom is 0.275 e. The van der Waals surface area contributed by atoms with Crippen molar-refractivity contribution in [1.82, 2.24) is 5.43 Å². The monoisotopic (exact) mass is 388 g/mol. The Labute approximate surface area is 163 Å². The minimum Gasteiger partial charge on any atom is -0.507 e. The van der Waals surface area contributed by atoms with Crippen molar-refractivity contribution in [2.45, 2.75) is 13.0 Å². The molecule has 1 amide bonds. The zero-order valence-corrected chi connectivity index (χ0v) is 15.9. The Morgan fingerprint density at radius 1 is 1.22 bits per heavy atom. The number of halogens is 1. The zero-order chi connectivity index (χ0) is 19.2. The van der Waals surface area contributed by atoms with Gasteiger partial charge in [0.1, 0.15) is 18.8 Å². The summed E-state index contributed by atoms with van der Waals surface area (Å²) in [7, 11) is 0. The fourth-order valence-corrected chi connectivity index (χ4v) is 3.47. The Bertz CT molecular complexity index is 820. The van der Waals surface area contributed by atoms with E-state index >= 15 is 0 Å². The lowest BCUT2D eigenvalue weighted by molar-refractivity contribution is -0.928. The standard InChI is InChI=1S/C20H22ClN3O3/c1-14(22-23-20(26)17-13-16(21)7-8-18(17)25)19(15-5-3-2-4-6-15)24-9-11-27-12-10-24/h2-8,13,19,25H,9-12H2,1H3,(H,23,26)/p+1/b22-14-/t19-/m0/s1. The molecule has 3 rings (SSSR count). The van der Waals surface area contributed by atoms with E-state index in [9.17, 15) is 9.90 Å². The SMILES string of the molecule is C/C(=N/NC(=O)c1cc(Cl)ccc1O)[C@@H](c1ccccc1)[NH+]1CCOCC1. The minimum atomic E-state index is -0.502. The number of carbonyl (C=O) groups is 1. The van der Waals surface area contributed by atoms with Crippen LogP contribution in [-0.4, -0.2) is 43.0 Å². The molecule has 3 N–H and O–H groups in total. The van der Waals surface area contributed by atoms with Gasteiger partial charge in [-0.25, -0.2) is 5.43 Å².